The summed E-state index contributed by atoms with van der Waals surface area (Å²) in [6.07, 6.45) is 1.54. The van der Waals surface area contributed by atoms with E-state index < -0.39 is 16.6 Å². The first-order valence-corrected chi connectivity index (χ1v) is 13.3. The number of unbranched alkanes of at least 4 members (excludes halogenated alkanes) is 1. The third-order valence-electron chi connectivity index (χ3n) is 6.44. The van der Waals surface area contributed by atoms with Crippen molar-refractivity contribution < 1.29 is 19.2 Å². The fraction of sp³-hybridized carbons (Fsp3) is 0.536. The van der Waals surface area contributed by atoms with Gasteiger partial charge in [0.05, 0.1) is 12.0 Å². The van der Waals surface area contributed by atoms with Crippen LogP contribution in [0, 0.1) is 0 Å². The Morgan fingerprint density at radius 1 is 1.00 bits per heavy atom. The van der Waals surface area contributed by atoms with Crippen LogP contribution in [0.25, 0.3) is 0 Å². The Labute approximate surface area is 207 Å². The fourth-order valence-electron chi connectivity index (χ4n) is 4.17. The van der Waals surface area contributed by atoms with Gasteiger partial charge in [-0.15, -0.1) is 0 Å². The molecule has 6 heteroatoms. The van der Waals surface area contributed by atoms with Gasteiger partial charge in [-0.05, 0) is 72.5 Å². The summed E-state index contributed by atoms with van der Waals surface area (Å²) in [5, 5.41) is 13.8. The Balaban J connectivity index is 1.60. The van der Waals surface area contributed by atoms with Crippen LogP contribution in [0.15, 0.2) is 35.2 Å². The van der Waals surface area contributed by atoms with E-state index in [-0.39, 0.29) is 16.7 Å². The fourth-order valence-corrected chi connectivity index (χ4v) is 5.37. The molecule has 0 aromatic heterocycles. The van der Waals surface area contributed by atoms with E-state index in [1.807, 2.05) is 44.2 Å². The number of anilines is 1. The Kier molecular flexibility index (Phi) is 7.35. The average Bonchev–Trinajstić information content (AvgIpc) is 2.94. The smallest absolute Gasteiger partial charge is 0.234 e. The van der Waals surface area contributed by atoms with Crippen LogP contribution < -0.4 is 10.1 Å². The van der Waals surface area contributed by atoms with Gasteiger partial charge in [0.25, 0.3) is 0 Å². The van der Waals surface area contributed by atoms with E-state index in [0.717, 1.165) is 45.9 Å². The lowest BCUT2D eigenvalue weighted by Crippen LogP contribution is -2.26. The van der Waals surface area contributed by atoms with Gasteiger partial charge in [-0.1, -0.05) is 41.5 Å². The lowest BCUT2D eigenvalue weighted by Gasteiger charge is -2.28. The molecule has 1 atom stereocenters. The summed E-state index contributed by atoms with van der Waals surface area (Å²) in [5.74, 6) is 1.59. The van der Waals surface area contributed by atoms with Crippen molar-refractivity contribution >= 4 is 22.8 Å². The second kappa shape index (κ2) is 9.46. The molecule has 2 aromatic carbocycles. The maximum atomic E-state index is 13.1. The van der Waals surface area contributed by atoms with Crippen LogP contribution in [-0.4, -0.2) is 27.9 Å². The minimum atomic E-state index is -1.16. The van der Waals surface area contributed by atoms with Gasteiger partial charge in [-0.3, -0.25) is 4.79 Å². The number of fused-ring (bicyclic) bond motifs is 1. The van der Waals surface area contributed by atoms with E-state index in [0.29, 0.717) is 18.1 Å². The number of benzene rings is 2. The number of carbonyl (C=O) groups is 1. The van der Waals surface area contributed by atoms with Gasteiger partial charge >= 0.3 is 0 Å². The predicted molar refractivity (Wildman–Crippen MR) is 140 cm³/mol. The van der Waals surface area contributed by atoms with Gasteiger partial charge in [0.15, 0.2) is 4.90 Å². The molecule has 186 valence electrons. The Bertz CT molecular complexity index is 1030. The monoisotopic (exact) mass is 485 g/mol. The molecule has 5 nitrogen and oxygen atoms in total. The van der Waals surface area contributed by atoms with Gasteiger partial charge < -0.3 is 19.7 Å². The number of nitrogens with one attached hydrogen (secondary N) is 1. The summed E-state index contributed by atoms with van der Waals surface area (Å²) in [7, 11) is 0. The lowest BCUT2D eigenvalue weighted by molar-refractivity contribution is -0.119. The lowest BCUT2D eigenvalue weighted by atomic mass is 9.79. The van der Waals surface area contributed by atoms with Gasteiger partial charge in [0.2, 0.25) is 5.91 Å². The highest BCUT2D eigenvalue weighted by Crippen LogP contribution is 2.41. The Morgan fingerprint density at radius 3 is 2.15 bits per heavy atom. The normalized spacial score (nSPS) is 16.2. The molecule has 1 aliphatic heterocycles. The minimum Gasteiger partial charge on any atom is -0.611 e. The molecule has 2 N–H and O–H groups in total. The minimum absolute atomic E-state index is 0.000552. The molecule has 0 fully saturated rings. The number of hydrogen-bond acceptors (Lipinski definition) is 4. The van der Waals surface area contributed by atoms with E-state index in [1.165, 1.54) is 0 Å². The standard InChI is InChI=1S/C28H39NO4S/c1-26(2,3)21-16-19(17-22(24(21)30)27(4,5)6)34(32)14-10-9-13-33-18-11-12-23-20(15-18)28(7,8)25(31)29-23/h11-12,15-17,30H,9-10,13-14H2,1-8H3,(H,29,31). The highest BCUT2D eigenvalue weighted by molar-refractivity contribution is 7.91. The summed E-state index contributed by atoms with van der Waals surface area (Å²) >= 11 is -1.16. The zero-order valence-electron chi connectivity index (χ0n) is 21.8. The van der Waals surface area contributed by atoms with Gasteiger partial charge in [0.1, 0.15) is 17.3 Å². The molecule has 0 radical (unpaired) electrons. The average molecular weight is 486 g/mol. The maximum absolute atomic E-state index is 13.1. The molecule has 1 heterocycles. The van der Waals surface area contributed by atoms with Gasteiger partial charge in [0, 0.05) is 28.9 Å². The van der Waals surface area contributed by atoms with Crippen LogP contribution in [-0.2, 0) is 32.2 Å². The molecular weight excluding hydrogens is 446 g/mol. The topological polar surface area (TPSA) is 81.6 Å². The number of rotatable bonds is 7. The number of hydrogen-bond donors (Lipinski definition) is 2. The predicted octanol–water partition coefficient (Wildman–Crippen LogP) is 6.18. The molecule has 0 saturated carbocycles. The SMILES string of the molecule is CC(C)(C)c1cc([S+]([O-])CCCCOc2ccc3c(c2)C(C)(C)C(=O)N3)cc(C(C)(C)C)c1O. The molecule has 2 aromatic rings. The first-order chi connectivity index (χ1) is 15.6. The van der Waals surface area contributed by atoms with Crippen LogP contribution in [0.2, 0.25) is 0 Å². The number of amides is 1. The first kappa shape index (κ1) is 26.4. The largest absolute Gasteiger partial charge is 0.611 e. The van der Waals surface area contributed by atoms with Gasteiger partial charge in [-0.2, -0.15) is 0 Å². The van der Waals surface area contributed by atoms with Crippen molar-refractivity contribution in [2.75, 3.05) is 17.7 Å². The number of ether oxygens (including phenoxy) is 1. The zero-order valence-corrected chi connectivity index (χ0v) is 22.6. The molecule has 0 spiro atoms. The summed E-state index contributed by atoms with van der Waals surface area (Å²) in [5.41, 5.74) is 2.40. The van der Waals surface area contributed by atoms with Crippen LogP contribution >= 0.6 is 0 Å². The Hall–Kier alpha value is -2.18. The van der Waals surface area contributed by atoms with Crippen molar-refractivity contribution in [2.24, 2.45) is 0 Å². The number of carbonyl (C=O) groups excluding carboxylic acids is 1. The molecule has 0 bridgehead atoms. The summed E-state index contributed by atoms with van der Waals surface area (Å²) in [6.45, 7) is 16.7. The molecule has 34 heavy (non-hydrogen) atoms. The van der Waals surface area contributed by atoms with Crippen LogP contribution in [0.3, 0.4) is 0 Å². The summed E-state index contributed by atoms with van der Waals surface area (Å²) in [4.78, 5) is 12.9. The summed E-state index contributed by atoms with van der Waals surface area (Å²) in [6, 6.07) is 9.50. The van der Waals surface area contributed by atoms with Crippen LogP contribution in [0.5, 0.6) is 11.5 Å². The molecule has 1 aliphatic rings. The number of phenolic OH excluding ortho intramolecular Hbond substituents is 1. The van der Waals surface area contributed by atoms with E-state index in [9.17, 15) is 14.5 Å². The van der Waals surface area contributed by atoms with E-state index >= 15 is 0 Å². The van der Waals surface area contributed by atoms with Crippen LogP contribution in [0.4, 0.5) is 5.69 Å². The molecule has 0 saturated heterocycles. The molecular formula is C28H39NO4S. The number of aromatic hydroxyl groups is 1. The van der Waals surface area contributed by atoms with Crippen molar-refractivity contribution in [3.8, 4) is 11.5 Å². The second-order valence-electron chi connectivity index (χ2n) is 11.8. The Morgan fingerprint density at radius 2 is 1.59 bits per heavy atom. The van der Waals surface area contributed by atoms with Crippen molar-refractivity contribution in [2.45, 2.75) is 89.4 Å². The molecule has 0 aliphatic carbocycles. The third kappa shape index (κ3) is 5.55. The van der Waals surface area contributed by atoms with E-state index in [4.69, 9.17) is 4.74 Å². The van der Waals surface area contributed by atoms with Crippen molar-refractivity contribution in [3.63, 3.8) is 0 Å². The number of phenols is 1. The highest BCUT2D eigenvalue weighted by atomic mass is 32.2. The quantitative estimate of drug-likeness (QED) is 0.362. The molecule has 3 rings (SSSR count). The summed E-state index contributed by atoms with van der Waals surface area (Å²) < 4.78 is 19.0. The second-order valence-corrected chi connectivity index (χ2v) is 13.3. The van der Waals surface area contributed by atoms with Crippen LogP contribution in [0.1, 0.15) is 84.9 Å². The first-order valence-electron chi connectivity index (χ1n) is 12.0. The molecule has 1 unspecified atom stereocenters. The van der Waals surface area contributed by atoms with E-state index in [2.05, 4.69) is 46.9 Å². The van der Waals surface area contributed by atoms with E-state index in [1.54, 1.807) is 0 Å². The highest BCUT2D eigenvalue weighted by Gasteiger charge is 2.38. The van der Waals surface area contributed by atoms with Crippen molar-refractivity contribution in [3.05, 3.63) is 47.0 Å². The van der Waals surface area contributed by atoms with Gasteiger partial charge in [-0.25, -0.2) is 0 Å². The zero-order chi connectivity index (χ0) is 25.5. The van der Waals surface area contributed by atoms with Crippen molar-refractivity contribution in [1.29, 1.82) is 0 Å². The van der Waals surface area contributed by atoms with Crippen molar-refractivity contribution in [1.82, 2.24) is 0 Å². The molecule has 1 amide bonds. The third-order valence-corrected chi connectivity index (χ3v) is 7.86. The maximum Gasteiger partial charge on any atom is 0.234 e.